The lowest BCUT2D eigenvalue weighted by Crippen LogP contribution is -2.31. The van der Waals surface area contributed by atoms with Crippen LogP contribution in [0.2, 0.25) is 0 Å². The Balaban J connectivity index is 2.46. The van der Waals surface area contributed by atoms with E-state index in [1.807, 2.05) is 0 Å². The van der Waals surface area contributed by atoms with Crippen LogP contribution in [0.3, 0.4) is 0 Å². The summed E-state index contributed by atoms with van der Waals surface area (Å²) in [4.78, 5) is 15.0. The highest BCUT2D eigenvalue weighted by Gasteiger charge is 2.10. The Morgan fingerprint density at radius 2 is 2.31 bits per heavy atom. The van der Waals surface area contributed by atoms with Crippen molar-refractivity contribution in [1.82, 2.24) is 10.3 Å². The van der Waals surface area contributed by atoms with E-state index in [1.165, 1.54) is 19.4 Å². The van der Waals surface area contributed by atoms with Gasteiger partial charge >= 0.3 is 7.12 Å². The average molecular weight is 224 g/mol. The second-order valence-corrected chi connectivity index (χ2v) is 3.17. The first-order chi connectivity index (χ1) is 7.63. The molecule has 0 aromatic carbocycles. The van der Waals surface area contributed by atoms with Crippen LogP contribution >= 0.6 is 0 Å². The number of nitrogens with zero attached hydrogens (tertiary/aromatic N) is 1. The molecule has 1 aromatic heterocycles. The predicted octanol–water partition coefficient (Wildman–Crippen LogP) is -1.98. The smallest absolute Gasteiger partial charge is 0.423 e. The lowest BCUT2D eigenvalue weighted by Gasteiger charge is -2.04. The molecule has 1 amide bonds. The third kappa shape index (κ3) is 3.97. The molecule has 0 unspecified atom stereocenters. The molecule has 0 saturated carbocycles. The number of pyridine rings is 1. The monoisotopic (exact) mass is 224 g/mol. The van der Waals surface area contributed by atoms with Gasteiger partial charge in [0, 0.05) is 18.8 Å². The molecule has 0 radical (unpaired) electrons. The van der Waals surface area contributed by atoms with Crippen molar-refractivity contribution in [3.05, 3.63) is 24.0 Å². The van der Waals surface area contributed by atoms with Crippen molar-refractivity contribution in [1.29, 1.82) is 0 Å². The van der Waals surface area contributed by atoms with E-state index in [0.29, 0.717) is 11.2 Å². The zero-order valence-electron chi connectivity index (χ0n) is 8.88. The largest absolute Gasteiger partial charge is 0.490 e. The normalized spacial score (nSPS) is 9.94. The first kappa shape index (κ1) is 12.6. The van der Waals surface area contributed by atoms with Gasteiger partial charge in [0.1, 0.15) is 6.61 Å². The molecule has 0 atom stereocenters. The van der Waals surface area contributed by atoms with E-state index in [2.05, 4.69) is 15.0 Å². The maximum atomic E-state index is 11.0. The van der Waals surface area contributed by atoms with Crippen LogP contribution in [0.4, 0.5) is 0 Å². The zero-order chi connectivity index (χ0) is 12.0. The molecule has 0 bridgehead atoms. The minimum absolute atomic E-state index is 0.00738. The average Bonchev–Trinajstić information content (AvgIpc) is 2.27. The van der Waals surface area contributed by atoms with Crippen LogP contribution in [0.15, 0.2) is 18.3 Å². The summed E-state index contributed by atoms with van der Waals surface area (Å²) in [6.07, 6.45) is 1.35. The van der Waals surface area contributed by atoms with Gasteiger partial charge in [-0.15, -0.1) is 0 Å². The Kier molecular flexibility index (Phi) is 4.91. The number of rotatable bonds is 5. The van der Waals surface area contributed by atoms with Crippen LogP contribution in [0.1, 0.15) is 5.69 Å². The molecular weight excluding hydrogens is 211 g/mol. The van der Waals surface area contributed by atoms with Crippen molar-refractivity contribution in [2.45, 2.75) is 6.54 Å². The SMILES string of the molecule is COCC(=O)NCc1ccc(B(O)O)cn1. The van der Waals surface area contributed by atoms with Gasteiger partial charge in [-0.2, -0.15) is 0 Å². The summed E-state index contributed by atoms with van der Waals surface area (Å²) in [6, 6.07) is 3.15. The molecule has 1 rings (SSSR count). The fourth-order valence-electron chi connectivity index (χ4n) is 1.06. The molecule has 86 valence electrons. The van der Waals surface area contributed by atoms with E-state index in [0.717, 1.165) is 0 Å². The van der Waals surface area contributed by atoms with Crippen molar-refractivity contribution >= 4 is 18.5 Å². The molecule has 0 aliphatic heterocycles. The van der Waals surface area contributed by atoms with Gasteiger partial charge in [-0.05, 0) is 6.07 Å². The Labute approximate surface area is 93.4 Å². The summed E-state index contributed by atoms with van der Waals surface area (Å²) in [5.41, 5.74) is 0.945. The van der Waals surface area contributed by atoms with Crippen LogP contribution in [0, 0.1) is 0 Å². The Hall–Kier alpha value is -1.44. The third-order valence-electron chi connectivity index (χ3n) is 1.89. The number of hydrogen-bond acceptors (Lipinski definition) is 5. The summed E-state index contributed by atoms with van der Waals surface area (Å²) in [7, 11) is -0.0837. The van der Waals surface area contributed by atoms with Crippen molar-refractivity contribution in [2.24, 2.45) is 0 Å². The Bertz CT molecular complexity index is 342. The number of amides is 1. The molecule has 6 nitrogen and oxygen atoms in total. The van der Waals surface area contributed by atoms with Crippen molar-refractivity contribution in [3.63, 3.8) is 0 Å². The van der Waals surface area contributed by atoms with Gasteiger partial charge < -0.3 is 20.1 Å². The van der Waals surface area contributed by atoms with Crippen LogP contribution in [-0.2, 0) is 16.1 Å². The predicted molar refractivity (Wildman–Crippen MR) is 57.8 cm³/mol. The molecule has 0 saturated heterocycles. The lowest BCUT2D eigenvalue weighted by atomic mass is 9.82. The third-order valence-corrected chi connectivity index (χ3v) is 1.89. The molecule has 3 N–H and O–H groups in total. The number of ether oxygens (including phenoxy) is 1. The van der Waals surface area contributed by atoms with Gasteiger partial charge in [0.2, 0.25) is 5.91 Å². The highest BCUT2D eigenvalue weighted by Crippen LogP contribution is 1.91. The van der Waals surface area contributed by atoms with Gasteiger partial charge in [0.05, 0.1) is 12.2 Å². The summed E-state index contributed by atoms with van der Waals surface area (Å²) >= 11 is 0. The molecule has 0 aliphatic rings. The summed E-state index contributed by atoms with van der Waals surface area (Å²) in [5, 5.41) is 20.3. The second kappa shape index (κ2) is 6.21. The number of hydrogen-bond donors (Lipinski definition) is 3. The number of methoxy groups -OCH3 is 1. The number of carbonyl (C=O) groups is 1. The van der Waals surface area contributed by atoms with Crippen molar-refractivity contribution < 1.29 is 19.6 Å². The van der Waals surface area contributed by atoms with Crippen LogP contribution in [0.25, 0.3) is 0 Å². The fourth-order valence-corrected chi connectivity index (χ4v) is 1.06. The van der Waals surface area contributed by atoms with E-state index in [9.17, 15) is 4.79 Å². The lowest BCUT2D eigenvalue weighted by molar-refractivity contribution is -0.124. The highest BCUT2D eigenvalue weighted by atomic mass is 16.5. The second-order valence-electron chi connectivity index (χ2n) is 3.17. The maximum absolute atomic E-state index is 11.0. The van der Waals surface area contributed by atoms with E-state index in [-0.39, 0.29) is 19.1 Å². The van der Waals surface area contributed by atoms with Gasteiger partial charge in [0.25, 0.3) is 0 Å². The molecule has 1 heterocycles. The maximum Gasteiger partial charge on any atom is 0.490 e. The topological polar surface area (TPSA) is 91.7 Å². The minimum atomic E-state index is -1.52. The van der Waals surface area contributed by atoms with E-state index < -0.39 is 7.12 Å². The summed E-state index contributed by atoms with van der Waals surface area (Å²) in [6.45, 7) is 0.289. The standard InChI is InChI=1S/C9H13BN2O4/c1-16-6-9(13)12-5-8-3-2-7(4-11-8)10(14)15/h2-4,14-15H,5-6H2,1H3,(H,12,13). The van der Waals surface area contributed by atoms with Gasteiger partial charge in [-0.25, -0.2) is 0 Å². The highest BCUT2D eigenvalue weighted by molar-refractivity contribution is 6.58. The van der Waals surface area contributed by atoms with Gasteiger partial charge in [0.15, 0.2) is 0 Å². The van der Waals surface area contributed by atoms with Crippen LogP contribution < -0.4 is 10.8 Å². The van der Waals surface area contributed by atoms with Crippen LogP contribution in [-0.4, -0.2) is 41.8 Å². The molecule has 16 heavy (non-hydrogen) atoms. The number of nitrogens with one attached hydrogen (secondary N) is 1. The zero-order valence-corrected chi connectivity index (χ0v) is 8.88. The number of aromatic nitrogens is 1. The van der Waals surface area contributed by atoms with E-state index in [4.69, 9.17) is 10.0 Å². The molecule has 7 heteroatoms. The summed E-state index contributed by atoms with van der Waals surface area (Å²) in [5.74, 6) is -0.226. The molecule has 0 fully saturated rings. The first-order valence-electron chi connectivity index (χ1n) is 4.70. The van der Waals surface area contributed by atoms with Crippen molar-refractivity contribution in [3.8, 4) is 0 Å². The summed E-state index contributed by atoms with van der Waals surface area (Å²) < 4.78 is 4.64. The Morgan fingerprint density at radius 1 is 1.56 bits per heavy atom. The van der Waals surface area contributed by atoms with Gasteiger partial charge in [-0.3, -0.25) is 9.78 Å². The first-order valence-corrected chi connectivity index (χ1v) is 4.70. The van der Waals surface area contributed by atoms with Crippen LogP contribution in [0.5, 0.6) is 0 Å². The Morgan fingerprint density at radius 3 is 2.81 bits per heavy atom. The molecule has 1 aromatic rings. The minimum Gasteiger partial charge on any atom is -0.423 e. The quantitative estimate of drug-likeness (QED) is 0.504. The van der Waals surface area contributed by atoms with E-state index >= 15 is 0 Å². The van der Waals surface area contributed by atoms with Crippen molar-refractivity contribution in [2.75, 3.05) is 13.7 Å². The van der Waals surface area contributed by atoms with Gasteiger partial charge in [-0.1, -0.05) is 6.07 Å². The molecule has 0 aliphatic carbocycles. The molecular formula is C9H13BN2O4. The fraction of sp³-hybridized carbons (Fsp3) is 0.333. The number of carbonyl (C=O) groups excluding carboxylic acids is 1. The van der Waals surface area contributed by atoms with E-state index in [1.54, 1.807) is 6.07 Å². The molecule has 0 spiro atoms.